The lowest BCUT2D eigenvalue weighted by Gasteiger charge is -2.52. The maximum atomic E-state index is 13.8. The molecular weight excluding hydrogens is 448 g/mol. The first-order chi connectivity index (χ1) is 15.4. The van der Waals surface area contributed by atoms with E-state index < -0.39 is 11.9 Å². The topological polar surface area (TPSA) is 87.2 Å². The predicted molar refractivity (Wildman–Crippen MR) is 124 cm³/mol. The van der Waals surface area contributed by atoms with E-state index in [0.717, 1.165) is 24.3 Å². The molecule has 32 heavy (non-hydrogen) atoms. The van der Waals surface area contributed by atoms with Crippen LogP contribution < -0.4 is 0 Å². The molecule has 0 aromatic heterocycles. The molecule has 174 valence electrons. The summed E-state index contributed by atoms with van der Waals surface area (Å²) in [5.41, 5.74) is 1.22. The van der Waals surface area contributed by atoms with Crippen LogP contribution in [0.4, 0.5) is 0 Å². The van der Waals surface area contributed by atoms with E-state index in [1.165, 1.54) is 23.5 Å². The SMILES string of the molecule is CCCSC1=C(SCCC)C(=O)C2=C(C[C@H]3[C@H]4[C@H](C(=O)O)C[C@@H]([C@H]5OC[C@@H]2N53)N4C)C1=O. The fourth-order valence-corrected chi connectivity index (χ4v) is 8.35. The van der Waals surface area contributed by atoms with Gasteiger partial charge in [-0.2, -0.15) is 0 Å². The number of Topliss-reactive ketones (excluding diaryl/α,β-unsaturated/α-hetero) is 2. The van der Waals surface area contributed by atoms with E-state index in [-0.39, 0.29) is 42.0 Å². The lowest BCUT2D eigenvalue weighted by molar-refractivity contribution is -0.144. The van der Waals surface area contributed by atoms with Crippen LogP contribution in [0.25, 0.3) is 0 Å². The number of piperazine rings is 1. The molecule has 1 aliphatic carbocycles. The highest BCUT2D eigenvalue weighted by Crippen LogP contribution is 2.52. The summed E-state index contributed by atoms with van der Waals surface area (Å²) in [5.74, 6) is 0.302. The number of carbonyl (C=O) groups is 3. The number of nitrogens with zero attached hydrogens (tertiary/aromatic N) is 2. The fourth-order valence-electron chi connectivity index (χ4n) is 6.24. The van der Waals surface area contributed by atoms with E-state index in [1.807, 2.05) is 7.05 Å². The number of allylic oxidation sites excluding steroid dienone is 2. The molecule has 0 saturated carbocycles. The Bertz CT molecular complexity index is 931. The van der Waals surface area contributed by atoms with E-state index >= 15 is 0 Å². The van der Waals surface area contributed by atoms with Crippen LogP contribution >= 0.6 is 23.5 Å². The van der Waals surface area contributed by atoms with Gasteiger partial charge in [0.2, 0.25) is 0 Å². The van der Waals surface area contributed by atoms with Gasteiger partial charge in [-0.05, 0) is 44.2 Å². The first-order valence-corrected chi connectivity index (χ1v) is 13.5. The van der Waals surface area contributed by atoms with E-state index in [0.29, 0.717) is 40.4 Å². The average Bonchev–Trinajstić information content (AvgIpc) is 3.30. The molecule has 5 rings (SSSR count). The lowest BCUT2D eigenvalue weighted by Crippen LogP contribution is -2.66. The summed E-state index contributed by atoms with van der Waals surface area (Å²) in [4.78, 5) is 45.2. The van der Waals surface area contributed by atoms with Crippen LogP contribution in [-0.2, 0) is 19.1 Å². The van der Waals surface area contributed by atoms with E-state index in [1.54, 1.807) is 0 Å². The van der Waals surface area contributed by atoms with E-state index in [4.69, 9.17) is 4.74 Å². The summed E-state index contributed by atoms with van der Waals surface area (Å²) < 4.78 is 6.21. The number of thioether (sulfide) groups is 2. The Labute approximate surface area is 197 Å². The number of aliphatic carboxylic acids is 1. The molecular formula is C23H30N2O5S2. The van der Waals surface area contributed by atoms with Crippen molar-refractivity contribution in [2.45, 2.75) is 69.9 Å². The van der Waals surface area contributed by atoms with Gasteiger partial charge in [-0.1, -0.05) is 13.8 Å². The van der Waals surface area contributed by atoms with Gasteiger partial charge in [0, 0.05) is 23.2 Å². The minimum atomic E-state index is -0.787. The molecule has 0 unspecified atom stereocenters. The van der Waals surface area contributed by atoms with Gasteiger partial charge in [0.1, 0.15) is 6.23 Å². The van der Waals surface area contributed by atoms with Crippen molar-refractivity contribution in [3.63, 3.8) is 0 Å². The first-order valence-electron chi connectivity index (χ1n) is 11.6. The third-order valence-electron chi connectivity index (χ3n) is 7.51. The molecule has 5 aliphatic rings. The number of likely N-dealkylation sites (N-methyl/N-ethyl adjacent to an activating group) is 1. The van der Waals surface area contributed by atoms with Crippen molar-refractivity contribution in [1.29, 1.82) is 0 Å². The number of fused-ring (bicyclic) bond motifs is 5. The van der Waals surface area contributed by atoms with Crippen LogP contribution in [0.1, 0.15) is 39.5 Å². The molecule has 6 atom stereocenters. The molecule has 4 heterocycles. The van der Waals surface area contributed by atoms with Gasteiger partial charge in [0.15, 0.2) is 11.6 Å². The van der Waals surface area contributed by atoms with Gasteiger partial charge >= 0.3 is 5.97 Å². The third-order valence-corrected chi connectivity index (χ3v) is 10.2. The standard InChI is InChI=1S/C23H30N2O5S2/c1-4-6-31-20-18(26)11-8-13-17-12(23(28)29)9-14(24(17)3)22-25(13)15(10-30-22)16(11)19(27)21(20)32-7-5-2/h12-15,17,22H,4-10H2,1-3H3,(H,28,29)/t12-,13+,14+,15+,17-,22-/m1/s1. The molecule has 3 saturated heterocycles. The van der Waals surface area contributed by atoms with Crippen LogP contribution in [0.15, 0.2) is 21.0 Å². The quantitative estimate of drug-likeness (QED) is 0.555. The summed E-state index contributed by atoms with van der Waals surface area (Å²) in [6, 6.07) is -0.568. The summed E-state index contributed by atoms with van der Waals surface area (Å²) in [7, 11) is 1.98. The van der Waals surface area contributed by atoms with E-state index in [9.17, 15) is 19.5 Å². The molecule has 2 bridgehead atoms. The highest BCUT2D eigenvalue weighted by molar-refractivity contribution is 8.08. The van der Waals surface area contributed by atoms with Crippen molar-refractivity contribution >= 4 is 41.1 Å². The summed E-state index contributed by atoms with van der Waals surface area (Å²) >= 11 is 3.00. The molecule has 4 aliphatic heterocycles. The highest BCUT2D eigenvalue weighted by atomic mass is 32.2. The Balaban J connectivity index is 1.56. The highest BCUT2D eigenvalue weighted by Gasteiger charge is 2.63. The van der Waals surface area contributed by atoms with Gasteiger partial charge in [-0.3, -0.25) is 24.2 Å². The molecule has 7 nitrogen and oxygen atoms in total. The summed E-state index contributed by atoms with van der Waals surface area (Å²) in [5, 5.41) is 9.89. The van der Waals surface area contributed by atoms with Gasteiger partial charge in [0.05, 0.1) is 34.4 Å². The normalized spacial score (nSPS) is 36.7. The van der Waals surface area contributed by atoms with Crippen molar-refractivity contribution in [1.82, 2.24) is 9.80 Å². The number of carboxylic acid groups (broad SMARTS) is 1. The van der Waals surface area contributed by atoms with Gasteiger partial charge < -0.3 is 9.84 Å². The zero-order valence-electron chi connectivity index (χ0n) is 18.7. The smallest absolute Gasteiger partial charge is 0.308 e. The minimum Gasteiger partial charge on any atom is -0.481 e. The Hall–Kier alpha value is -1.13. The third kappa shape index (κ3) is 3.19. The zero-order chi connectivity index (χ0) is 22.7. The molecule has 0 aromatic rings. The average molecular weight is 479 g/mol. The predicted octanol–water partition coefficient (Wildman–Crippen LogP) is 2.52. The maximum Gasteiger partial charge on any atom is 0.308 e. The van der Waals surface area contributed by atoms with E-state index in [2.05, 4.69) is 23.6 Å². The van der Waals surface area contributed by atoms with Gasteiger partial charge in [-0.25, -0.2) is 0 Å². The fraction of sp³-hybridized carbons (Fsp3) is 0.696. The number of carbonyl (C=O) groups excluding carboxylic acids is 2. The Morgan fingerprint density at radius 3 is 2.38 bits per heavy atom. The second-order valence-corrected chi connectivity index (χ2v) is 11.5. The van der Waals surface area contributed by atoms with Crippen molar-refractivity contribution < 1.29 is 24.2 Å². The molecule has 0 aromatic carbocycles. The number of rotatable bonds is 7. The maximum absolute atomic E-state index is 13.8. The molecule has 0 radical (unpaired) electrons. The second-order valence-electron chi connectivity index (χ2n) is 9.27. The monoisotopic (exact) mass is 478 g/mol. The number of ketones is 2. The molecule has 1 N–H and O–H groups in total. The van der Waals surface area contributed by atoms with Crippen LogP contribution in [0.3, 0.4) is 0 Å². The zero-order valence-corrected chi connectivity index (χ0v) is 20.3. The summed E-state index contributed by atoms with van der Waals surface area (Å²) in [6.45, 7) is 4.53. The van der Waals surface area contributed by atoms with Crippen molar-refractivity contribution in [2.24, 2.45) is 5.92 Å². The van der Waals surface area contributed by atoms with Crippen LogP contribution in [0.5, 0.6) is 0 Å². The van der Waals surface area contributed by atoms with Gasteiger partial charge in [-0.15, -0.1) is 23.5 Å². The molecule has 0 amide bonds. The number of hydrogen-bond acceptors (Lipinski definition) is 8. The van der Waals surface area contributed by atoms with Crippen LogP contribution in [-0.4, -0.2) is 88.0 Å². The summed E-state index contributed by atoms with van der Waals surface area (Å²) in [6.07, 6.45) is 2.60. The van der Waals surface area contributed by atoms with Crippen molar-refractivity contribution in [3.05, 3.63) is 21.0 Å². The van der Waals surface area contributed by atoms with Gasteiger partial charge in [0.25, 0.3) is 0 Å². The largest absolute Gasteiger partial charge is 0.481 e. The number of hydrogen-bond donors (Lipinski definition) is 1. The van der Waals surface area contributed by atoms with Crippen molar-refractivity contribution in [3.8, 4) is 0 Å². The number of carboxylic acids is 1. The van der Waals surface area contributed by atoms with Crippen LogP contribution in [0, 0.1) is 5.92 Å². The minimum absolute atomic E-state index is 0.000885. The second kappa shape index (κ2) is 8.58. The molecule has 9 heteroatoms. The van der Waals surface area contributed by atoms with Crippen LogP contribution in [0.2, 0.25) is 0 Å². The molecule has 0 spiro atoms. The molecule has 3 fully saturated rings. The van der Waals surface area contributed by atoms with Crippen molar-refractivity contribution in [2.75, 3.05) is 25.2 Å². The Morgan fingerprint density at radius 2 is 1.75 bits per heavy atom. The number of ether oxygens (including phenoxy) is 1. The Morgan fingerprint density at radius 1 is 1.09 bits per heavy atom. The lowest BCUT2D eigenvalue weighted by atomic mass is 9.77. The first kappa shape index (κ1) is 22.7. The Kier molecular flexibility index (Phi) is 6.07.